The van der Waals surface area contributed by atoms with Crippen LogP contribution in [0.25, 0.3) is 0 Å². The lowest BCUT2D eigenvalue weighted by Crippen LogP contribution is -2.70. The normalized spacial score (nSPS) is 19.7. The summed E-state index contributed by atoms with van der Waals surface area (Å²) in [7, 11) is 0. The molecule has 2 atom stereocenters. The van der Waals surface area contributed by atoms with E-state index in [0.717, 1.165) is 5.56 Å². The Kier molecular flexibility index (Phi) is 7.10. The molecular weight excluding hydrogens is 484 g/mol. The number of nitrogen functional groups attached to an aromatic ring is 1. The number of aliphatic carboxylic acids is 1. The molecule has 0 saturated carbocycles. The van der Waals surface area contributed by atoms with E-state index in [0.29, 0.717) is 21.6 Å². The van der Waals surface area contributed by atoms with Gasteiger partial charge >= 0.3 is 5.97 Å². The molecule has 1 fully saturated rings. The summed E-state index contributed by atoms with van der Waals surface area (Å²) in [6.07, 6.45) is 1.97. The maximum Gasteiger partial charge on any atom is 0.352 e. The molecule has 3 heterocycles. The van der Waals surface area contributed by atoms with E-state index in [-0.39, 0.29) is 29.7 Å². The van der Waals surface area contributed by atoms with Crippen LogP contribution in [0.4, 0.5) is 5.95 Å². The number of nitrogens with one attached hydrogen (secondary N) is 1. The largest absolute Gasteiger partial charge is 0.477 e. The van der Waals surface area contributed by atoms with Crippen LogP contribution in [-0.2, 0) is 20.8 Å². The number of aromatic nitrogens is 3. The number of β-lactam (4-membered cyclic amide) rings is 1. The van der Waals surface area contributed by atoms with Gasteiger partial charge in [0.15, 0.2) is 10.3 Å². The summed E-state index contributed by atoms with van der Waals surface area (Å²) in [6, 6.07) is 8.46. The fourth-order valence-corrected chi connectivity index (χ4v) is 6.21. The number of nitrogens with zero attached hydrogens (tertiary/aromatic N) is 4. The van der Waals surface area contributed by atoms with Gasteiger partial charge in [0.25, 0.3) is 5.91 Å². The van der Waals surface area contributed by atoms with Gasteiger partial charge in [0, 0.05) is 11.5 Å². The second kappa shape index (κ2) is 10.0. The Hall–Kier alpha value is -2.77. The maximum atomic E-state index is 12.8. The van der Waals surface area contributed by atoms with Crippen LogP contribution in [0.5, 0.6) is 0 Å². The van der Waals surface area contributed by atoms with Gasteiger partial charge in [0.2, 0.25) is 11.9 Å². The van der Waals surface area contributed by atoms with Gasteiger partial charge in [-0.1, -0.05) is 53.9 Å². The minimum absolute atomic E-state index is 0.0445. The van der Waals surface area contributed by atoms with Crippen molar-refractivity contribution >= 4 is 59.0 Å². The lowest BCUT2D eigenvalue weighted by molar-refractivity contribution is -0.150. The summed E-state index contributed by atoms with van der Waals surface area (Å²) in [5, 5.41) is 13.0. The van der Waals surface area contributed by atoms with Crippen molar-refractivity contribution in [2.45, 2.75) is 28.1 Å². The summed E-state index contributed by atoms with van der Waals surface area (Å²) < 4.78 is 0. The van der Waals surface area contributed by atoms with Crippen molar-refractivity contribution in [2.24, 2.45) is 0 Å². The lowest BCUT2D eigenvalue weighted by Gasteiger charge is -2.49. The number of nitrogens with two attached hydrogens (primary N) is 1. The smallest absolute Gasteiger partial charge is 0.352 e. The highest BCUT2D eigenvalue weighted by Gasteiger charge is 2.54. The number of anilines is 1. The van der Waals surface area contributed by atoms with Crippen LogP contribution in [0.15, 0.2) is 51.9 Å². The highest BCUT2D eigenvalue weighted by Crippen LogP contribution is 2.41. The number of rotatable bonds is 8. The topological polar surface area (TPSA) is 151 Å². The number of carbonyl (C=O) groups is 3. The van der Waals surface area contributed by atoms with Gasteiger partial charge in [-0.05, 0) is 17.4 Å². The van der Waals surface area contributed by atoms with Crippen molar-refractivity contribution in [1.82, 2.24) is 25.2 Å². The Balaban J connectivity index is 1.44. The van der Waals surface area contributed by atoms with Crippen LogP contribution in [-0.4, -0.2) is 71.9 Å². The molecule has 0 aliphatic carbocycles. The first-order valence-corrected chi connectivity index (χ1v) is 13.0. The molecule has 33 heavy (non-hydrogen) atoms. The van der Waals surface area contributed by atoms with Crippen LogP contribution >= 0.6 is 35.3 Å². The van der Waals surface area contributed by atoms with Gasteiger partial charge in [-0.2, -0.15) is 15.0 Å². The van der Waals surface area contributed by atoms with E-state index in [1.807, 2.05) is 36.6 Å². The Morgan fingerprint density at radius 1 is 1.24 bits per heavy atom. The molecule has 2 aliphatic rings. The number of carboxylic acid groups (broad SMARTS) is 1. The first kappa shape index (κ1) is 23.4. The summed E-state index contributed by atoms with van der Waals surface area (Å²) in [4.78, 5) is 50.8. The molecule has 0 unspecified atom stereocenters. The zero-order chi connectivity index (χ0) is 23.5. The van der Waals surface area contributed by atoms with Crippen molar-refractivity contribution in [1.29, 1.82) is 0 Å². The zero-order valence-electron chi connectivity index (χ0n) is 17.4. The van der Waals surface area contributed by atoms with E-state index in [9.17, 15) is 19.5 Å². The van der Waals surface area contributed by atoms with E-state index in [1.54, 1.807) is 0 Å². The summed E-state index contributed by atoms with van der Waals surface area (Å²) in [5.41, 5.74) is 7.08. The maximum absolute atomic E-state index is 12.8. The van der Waals surface area contributed by atoms with Gasteiger partial charge < -0.3 is 16.2 Å². The van der Waals surface area contributed by atoms with E-state index in [2.05, 4.69) is 20.3 Å². The van der Waals surface area contributed by atoms with Gasteiger partial charge in [-0.3, -0.25) is 14.5 Å². The molecule has 2 amide bonds. The monoisotopic (exact) mass is 504 g/mol. The van der Waals surface area contributed by atoms with E-state index >= 15 is 0 Å². The van der Waals surface area contributed by atoms with E-state index < -0.39 is 23.3 Å². The third kappa shape index (κ3) is 5.09. The molecular formula is C20H20N6O4S3. The first-order valence-electron chi connectivity index (χ1n) is 9.79. The number of hydrogen-bond acceptors (Lipinski definition) is 10. The first-order chi connectivity index (χ1) is 15.9. The molecule has 4 N–H and O–H groups in total. The average molecular weight is 505 g/mol. The number of carboxylic acids is 1. The molecule has 13 heteroatoms. The minimum atomic E-state index is -1.18. The average Bonchev–Trinajstić information content (AvgIpc) is 2.80. The Labute approximate surface area is 202 Å². The number of benzene rings is 1. The van der Waals surface area contributed by atoms with Crippen LogP contribution in [0.3, 0.4) is 0 Å². The van der Waals surface area contributed by atoms with E-state index in [1.165, 1.54) is 40.2 Å². The van der Waals surface area contributed by atoms with Gasteiger partial charge in [0.1, 0.15) is 17.1 Å². The van der Waals surface area contributed by atoms with Gasteiger partial charge in [-0.25, -0.2) is 4.79 Å². The second-order valence-electron chi connectivity index (χ2n) is 7.13. The van der Waals surface area contributed by atoms with Crippen molar-refractivity contribution < 1.29 is 19.5 Å². The standard InChI is InChI=1S/C20H20N6O4S3/c1-31-19-23-18(21)24-20(25-19)33-9-11-8-32-16-13(15(28)26(16)14(11)17(29)30)22-12(27)7-10-5-3-2-4-6-10/h2-6,13,16H,7-9H2,1H3,(H,22,27)(H,29,30)(H2,21,23,24,25)/t13-,16+/m0/s1. The van der Waals surface area contributed by atoms with Crippen molar-refractivity contribution in [2.75, 3.05) is 23.5 Å². The lowest BCUT2D eigenvalue weighted by atomic mass is 10.0. The van der Waals surface area contributed by atoms with Crippen LogP contribution < -0.4 is 11.1 Å². The third-order valence-electron chi connectivity index (χ3n) is 4.94. The predicted molar refractivity (Wildman–Crippen MR) is 127 cm³/mol. The zero-order valence-corrected chi connectivity index (χ0v) is 19.9. The number of thioether (sulfide) groups is 3. The fourth-order valence-electron chi connectivity index (χ4n) is 3.46. The number of fused-ring (bicyclic) bond motifs is 1. The van der Waals surface area contributed by atoms with E-state index in [4.69, 9.17) is 5.73 Å². The van der Waals surface area contributed by atoms with Crippen LogP contribution in [0, 0.1) is 0 Å². The van der Waals surface area contributed by atoms with Crippen LogP contribution in [0.2, 0.25) is 0 Å². The minimum Gasteiger partial charge on any atom is -0.477 e. The molecule has 10 nitrogen and oxygen atoms in total. The molecule has 2 aliphatic heterocycles. The number of amides is 2. The number of carbonyl (C=O) groups excluding carboxylic acids is 2. The summed E-state index contributed by atoms with van der Waals surface area (Å²) >= 11 is 3.98. The SMILES string of the molecule is CSc1nc(N)nc(SCC2=C(C(=O)O)N3C(=O)[C@H](NC(=O)Cc4ccccc4)[C@H]3SC2)n1. The Morgan fingerprint density at radius 2 is 1.97 bits per heavy atom. The third-order valence-corrected chi connectivity index (χ3v) is 7.76. The van der Waals surface area contributed by atoms with Crippen molar-refractivity contribution in [3.8, 4) is 0 Å². The molecule has 0 radical (unpaired) electrons. The quantitative estimate of drug-likeness (QED) is 0.352. The molecule has 172 valence electrons. The fraction of sp³-hybridized carbons (Fsp3) is 0.300. The summed E-state index contributed by atoms with van der Waals surface area (Å²) in [6.45, 7) is 0. The predicted octanol–water partition coefficient (Wildman–Crippen LogP) is 1.25. The molecule has 4 rings (SSSR count). The highest BCUT2D eigenvalue weighted by atomic mass is 32.2. The molecule has 1 aromatic heterocycles. The molecule has 1 saturated heterocycles. The van der Waals surface area contributed by atoms with Crippen LogP contribution in [0.1, 0.15) is 5.56 Å². The Morgan fingerprint density at radius 3 is 2.67 bits per heavy atom. The number of hydrogen-bond donors (Lipinski definition) is 3. The summed E-state index contributed by atoms with van der Waals surface area (Å²) in [5.74, 6) is -1.10. The van der Waals surface area contributed by atoms with Crippen molar-refractivity contribution in [3.63, 3.8) is 0 Å². The molecule has 1 aromatic carbocycles. The molecule has 0 bridgehead atoms. The van der Waals surface area contributed by atoms with Gasteiger partial charge in [-0.15, -0.1) is 11.8 Å². The molecule has 0 spiro atoms. The second-order valence-corrected chi connectivity index (χ2v) is 9.95. The molecule has 2 aromatic rings. The van der Waals surface area contributed by atoms with Crippen molar-refractivity contribution in [3.05, 3.63) is 47.2 Å². The highest BCUT2D eigenvalue weighted by molar-refractivity contribution is 8.01. The van der Waals surface area contributed by atoms with Gasteiger partial charge in [0.05, 0.1) is 6.42 Å². The Bertz CT molecular complexity index is 1130.